The molecule has 0 aliphatic rings. The Morgan fingerprint density at radius 3 is 2.87 bits per heavy atom. The molecule has 0 fully saturated rings. The second-order valence-electron chi connectivity index (χ2n) is 3.76. The molecule has 1 aromatic rings. The number of aryl methyl sites for hydroxylation is 1. The van der Waals surface area contributed by atoms with E-state index in [1.54, 1.807) is 6.20 Å². The van der Waals surface area contributed by atoms with Gasteiger partial charge in [-0.15, -0.1) is 0 Å². The van der Waals surface area contributed by atoms with Crippen molar-refractivity contribution in [2.75, 3.05) is 5.32 Å². The molecule has 0 radical (unpaired) electrons. The van der Waals surface area contributed by atoms with Crippen molar-refractivity contribution in [3.8, 4) is 0 Å². The van der Waals surface area contributed by atoms with Gasteiger partial charge in [0.15, 0.2) is 0 Å². The van der Waals surface area contributed by atoms with Gasteiger partial charge < -0.3 is 5.32 Å². The normalized spacial score (nSPS) is 12.9. The van der Waals surface area contributed by atoms with E-state index < -0.39 is 0 Å². The minimum atomic E-state index is -0.175. The lowest BCUT2D eigenvalue weighted by Crippen LogP contribution is -2.27. The topological polar surface area (TPSA) is 57.8 Å². The Morgan fingerprint density at radius 1 is 1.67 bits per heavy atom. The van der Waals surface area contributed by atoms with Gasteiger partial charge >= 0.3 is 0 Å². The van der Waals surface area contributed by atoms with Crippen LogP contribution in [0.25, 0.3) is 0 Å². The van der Waals surface area contributed by atoms with Gasteiger partial charge in [-0.1, -0.05) is 36.7 Å². The lowest BCUT2D eigenvalue weighted by atomic mass is 10.1. The number of alkyl halides is 1. The number of aromatic nitrogens is 2. The first-order chi connectivity index (χ1) is 7.06. The van der Waals surface area contributed by atoms with Crippen LogP contribution in [0.2, 0.25) is 0 Å². The predicted molar refractivity (Wildman–Crippen MR) is 64.1 cm³/mol. The van der Waals surface area contributed by atoms with Gasteiger partial charge in [0, 0.05) is 5.56 Å². The smallest absolute Gasteiger partial charge is 0.239 e. The highest BCUT2D eigenvalue weighted by atomic mass is 79.9. The molecular formula is C10H16BrN3O. The van der Waals surface area contributed by atoms with Crippen LogP contribution < -0.4 is 5.32 Å². The van der Waals surface area contributed by atoms with Crippen LogP contribution in [-0.4, -0.2) is 20.9 Å². The zero-order chi connectivity index (χ0) is 11.4. The molecule has 1 atom stereocenters. The molecule has 0 bridgehead atoms. The van der Waals surface area contributed by atoms with Crippen molar-refractivity contribution < 1.29 is 4.79 Å². The molecule has 2 N–H and O–H groups in total. The van der Waals surface area contributed by atoms with E-state index in [1.165, 1.54) is 0 Å². The summed E-state index contributed by atoms with van der Waals surface area (Å²) in [5, 5.41) is 9.49. The van der Waals surface area contributed by atoms with Crippen LogP contribution in [0.3, 0.4) is 0 Å². The molecule has 84 valence electrons. The summed E-state index contributed by atoms with van der Waals surface area (Å²) in [5.74, 6) is 0.926. The number of carbonyl (C=O) groups excluding carboxylic acids is 1. The lowest BCUT2D eigenvalue weighted by Gasteiger charge is -2.13. The molecule has 1 amide bonds. The number of aromatic amines is 1. The Labute approximate surface area is 98.0 Å². The maximum Gasteiger partial charge on any atom is 0.239 e. The third-order valence-electron chi connectivity index (χ3n) is 2.18. The van der Waals surface area contributed by atoms with Crippen molar-refractivity contribution in [3.05, 3.63) is 11.8 Å². The summed E-state index contributed by atoms with van der Waals surface area (Å²) in [6, 6.07) is 0. The molecule has 0 saturated carbocycles. The molecule has 15 heavy (non-hydrogen) atoms. The number of nitrogens with zero attached hydrogens (tertiary/aromatic N) is 1. The maximum absolute atomic E-state index is 11.7. The van der Waals surface area contributed by atoms with E-state index in [9.17, 15) is 4.79 Å². The molecule has 1 heterocycles. The Kier molecular flexibility index (Phi) is 4.32. The van der Waals surface area contributed by atoms with Crippen LogP contribution in [-0.2, 0) is 11.2 Å². The highest BCUT2D eigenvalue weighted by molar-refractivity contribution is 9.10. The zero-order valence-corrected chi connectivity index (χ0v) is 10.8. The van der Waals surface area contributed by atoms with Gasteiger partial charge in [0.25, 0.3) is 0 Å². The van der Waals surface area contributed by atoms with E-state index >= 15 is 0 Å². The van der Waals surface area contributed by atoms with Gasteiger partial charge in [-0.3, -0.25) is 9.89 Å². The van der Waals surface area contributed by atoms with Crippen LogP contribution in [0, 0.1) is 5.92 Å². The molecule has 1 rings (SSSR count). The average Bonchev–Trinajstić information content (AvgIpc) is 2.63. The van der Waals surface area contributed by atoms with E-state index in [0.717, 1.165) is 12.0 Å². The first-order valence-corrected chi connectivity index (χ1v) is 5.95. The number of hydrogen-bond donors (Lipinski definition) is 2. The number of rotatable bonds is 4. The van der Waals surface area contributed by atoms with Crippen molar-refractivity contribution in [3.63, 3.8) is 0 Å². The first kappa shape index (κ1) is 12.2. The van der Waals surface area contributed by atoms with Crippen LogP contribution in [0.15, 0.2) is 6.20 Å². The van der Waals surface area contributed by atoms with Gasteiger partial charge in [0.1, 0.15) is 5.82 Å². The van der Waals surface area contributed by atoms with Gasteiger partial charge in [-0.25, -0.2) is 0 Å². The predicted octanol–water partition coefficient (Wildman–Crippen LogP) is 2.33. The molecule has 0 saturated heterocycles. The summed E-state index contributed by atoms with van der Waals surface area (Å²) in [5.41, 5.74) is 1.02. The summed E-state index contributed by atoms with van der Waals surface area (Å²) in [6.07, 6.45) is 2.58. The molecule has 0 aromatic carbocycles. The maximum atomic E-state index is 11.7. The zero-order valence-electron chi connectivity index (χ0n) is 9.17. The van der Waals surface area contributed by atoms with Gasteiger partial charge in [0.05, 0.1) is 11.0 Å². The SMILES string of the molecule is CCc1cn[nH]c1NC(=O)C(Br)C(C)C. The molecule has 1 unspecified atom stereocenters. The Morgan fingerprint density at radius 2 is 2.33 bits per heavy atom. The molecular weight excluding hydrogens is 258 g/mol. The summed E-state index contributed by atoms with van der Waals surface area (Å²) in [6.45, 7) is 6.01. The fraction of sp³-hybridized carbons (Fsp3) is 0.600. The third-order valence-corrected chi connectivity index (χ3v) is 3.66. The van der Waals surface area contributed by atoms with Crippen molar-refractivity contribution in [1.82, 2.24) is 10.2 Å². The minimum Gasteiger partial charge on any atom is -0.310 e. The second-order valence-corrected chi connectivity index (χ2v) is 4.75. The highest BCUT2D eigenvalue weighted by Gasteiger charge is 2.19. The van der Waals surface area contributed by atoms with Gasteiger partial charge in [-0.05, 0) is 12.3 Å². The van der Waals surface area contributed by atoms with Crippen LogP contribution >= 0.6 is 15.9 Å². The number of anilines is 1. The Balaban J connectivity index is 2.66. The number of hydrogen-bond acceptors (Lipinski definition) is 2. The Bertz CT molecular complexity index is 335. The largest absolute Gasteiger partial charge is 0.310 e. The molecule has 4 nitrogen and oxygen atoms in total. The van der Waals surface area contributed by atoms with E-state index in [0.29, 0.717) is 5.82 Å². The molecule has 0 spiro atoms. The summed E-state index contributed by atoms with van der Waals surface area (Å²) >= 11 is 3.35. The van der Waals surface area contributed by atoms with E-state index in [-0.39, 0.29) is 16.7 Å². The number of amides is 1. The van der Waals surface area contributed by atoms with E-state index in [2.05, 4.69) is 31.4 Å². The number of carbonyl (C=O) groups is 1. The number of H-pyrrole nitrogens is 1. The number of nitrogens with one attached hydrogen (secondary N) is 2. The van der Waals surface area contributed by atoms with Crippen LogP contribution in [0.5, 0.6) is 0 Å². The Hall–Kier alpha value is -0.840. The average molecular weight is 274 g/mol. The monoisotopic (exact) mass is 273 g/mol. The fourth-order valence-electron chi connectivity index (χ4n) is 1.18. The van der Waals surface area contributed by atoms with Crippen LogP contribution in [0.4, 0.5) is 5.82 Å². The fourth-order valence-corrected chi connectivity index (χ4v) is 1.30. The van der Waals surface area contributed by atoms with Gasteiger partial charge in [-0.2, -0.15) is 5.10 Å². The van der Waals surface area contributed by atoms with Crippen molar-refractivity contribution >= 4 is 27.7 Å². The summed E-state index contributed by atoms with van der Waals surface area (Å²) in [4.78, 5) is 11.5. The molecule has 0 aliphatic carbocycles. The number of halogens is 1. The van der Waals surface area contributed by atoms with Crippen LogP contribution in [0.1, 0.15) is 26.3 Å². The van der Waals surface area contributed by atoms with E-state index in [1.807, 2.05) is 20.8 Å². The summed E-state index contributed by atoms with van der Waals surface area (Å²) in [7, 11) is 0. The third kappa shape index (κ3) is 3.06. The second kappa shape index (κ2) is 5.30. The summed E-state index contributed by atoms with van der Waals surface area (Å²) < 4.78 is 0. The first-order valence-electron chi connectivity index (χ1n) is 5.03. The van der Waals surface area contributed by atoms with Crippen molar-refractivity contribution in [2.45, 2.75) is 32.0 Å². The van der Waals surface area contributed by atoms with Gasteiger partial charge in [0.2, 0.25) is 5.91 Å². The van der Waals surface area contributed by atoms with Crippen molar-refractivity contribution in [2.24, 2.45) is 5.92 Å². The molecule has 1 aromatic heterocycles. The molecule has 0 aliphatic heterocycles. The molecule has 5 heteroatoms. The highest BCUT2D eigenvalue weighted by Crippen LogP contribution is 2.16. The minimum absolute atomic E-state index is 0.0380. The van der Waals surface area contributed by atoms with Crippen molar-refractivity contribution in [1.29, 1.82) is 0 Å². The standard InChI is InChI=1S/C10H16BrN3O/c1-4-7-5-12-14-9(7)13-10(15)8(11)6(2)3/h5-6,8H,4H2,1-3H3,(H2,12,13,14,15). The quantitative estimate of drug-likeness (QED) is 0.828. The lowest BCUT2D eigenvalue weighted by molar-refractivity contribution is -0.116. The van der Waals surface area contributed by atoms with E-state index in [4.69, 9.17) is 0 Å².